The van der Waals surface area contributed by atoms with Crippen LogP contribution < -0.4 is 0 Å². The number of halogens is 1. The molecule has 0 N–H and O–H groups in total. The Morgan fingerprint density at radius 3 is 3.08 bits per heavy atom. The third-order valence-corrected chi connectivity index (χ3v) is 1.91. The van der Waals surface area contributed by atoms with Crippen molar-refractivity contribution in [1.82, 2.24) is 15.0 Å². The lowest BCUT2D eigenvalue weighted by Gasteiger charge is -1.97. The largest absolute Gasteiger partial charge is 0.245 e. The quantitative estimate of drug-likeness (QED) is 0.705. The average Bonchev–Trinajstić information content (AvgIpc) is 2.49. The van der Waals surface area contributed by atoms with Gasteiger partial charge in [-0.1, -0.05) is 12.1 Å². The Labute approximate surface area is 75.2 Å². The van der Waals surface area contributed by atoms with Crippen molar-refractivity contribution in [3.05, 3.63) is 24.0 Å². The standard InChI is InChI=1S/C9H10FN3/c1-2-5-13-9-6-7(10)3-4-8(9)11-12-13/h3-4,6H,2,5H2,1H3. The number of fused-ring (bicyclic) bond motifs is 1. The Balaban J connectivity index is 2.58. The second-order valence-corrected chi connectivity index (χ2v) is 2.95. The van der Waals surface area contributed by atoms with Crippen LogP contribution in [0.3, 0.4) is 0 Å². The maximum Gasteiger partial charge on any atom is 0.125 e. The van der Waals surface area contributed by atoms with E-state index in [0.29, 0.717) is 0 Å². The van der Waals surface area contributed by atoms with Gasteiger partial charge in [-0.15, -0.1) is 5.10 Å². The zero-order valence-corrected chi connectivity index (χ0v) is 7.37. The molecule has 0 spiro atoms. The van der Waals surface area contributed by atoms with Gasteiger partial charge in [0.15, 0.2) is 0 Å². The van der Waals surface area contributed by atoms with Crippen LogP contribution in [0.15, 0.2) is 18.2 Å². The summed E-state index contributed by atoms with van der Waals surface area (Å²) in [6, 6.07) is 4.50. The molecule has 0 radical (unpaired) electrons. The molecule has 1 aromatic carbocycles. The van der Waals surface area contributed by atoms with Crippen LogP contribution >= 0.6 is 0 Å². The van der Waals surface area contributed by atoms with Crippen LogP contribution in [-0.4, -0.2) is 15.0 Å². The smallest absolute Gasteiger partial charge is 0.125 e. The van der Waals surface area contributed by atoms with E-state index >= 15 is 0 Å². The molecule has 3 nitrogen and oxygen atoms in total. The van der Waals surface area contributed by atoms with Crippen LogP contribution in [0.5, 0.6) is 0 Å². The van der Waals surface area contributed by atoms with E-state index in [1.165, 1.54) is 12.1 Å². The van der Waals surface area contributed by atoms with E-state index in [1.54, 1.807) is 10.7 Å². The molecule has 0 amide bonds. The lowest BCUT2D eigenvalue weighted by atomic mass is 10.3. The maximum atomic E-state index is 12.9. The molecule has 0 bridgehead atoms. The second kappa shape index (κ2) is 3.12. The van der Waals surface area contributed by atoms with Crippen molar-refractivity contribution in [3.8, 4) is 0 Å². The van der Waals surface area contributed by atoms with E-state index in [-0.39, 0.29) is 5.82 Å². The van der Waals surface area contributed by atoms with Gasteiger partial charge in [-0.25, -0.2) is 9.07 Å². The minimum atomic E-state index is -0.243. The second-order valence-electron chi connectivity index (χ2n) is 2.95. The minimum absolute atomic E-state index is 0.243. The Kier molecular flexibility index (Phi) is 1.96. The fourth-order valence-electron chi connectivity index (χ4n) is 1.32. The number of hydrogen-bond donors (Lipinski definition) is 0. The summed E-state index contributed by atoms with van der Waals surface area (Å²) in [4.78, 5) is 0. The van der Waals surface area contributed by atoms with Crippen molar-refractivity contribution < 1.29 is 4.39 Å². The predicted molar refractivity (Wildman–Crippen MR) is 47.8 cm³/mol. The fourth-order valence-corrected chi connectivity index (χ4v) is 1.32. The predicted octanol–water partition coefficient (Wildman–Crippen LogP) is 1.98. The highest BCUT2D eigenvalue weighted by Crippen LogP contribution is 2.12. The molecule has 0 aliphatic carbocycles. The van der Waals surface area contributed by atoms with Crippen LogP contribution in [0.25, 0.3) is 11.0 Å². The van der Waals surface area contributed by atoms with Crippen molar-refractivity contribution >= 4 is 11.0 Å². The summed E-state index contributed by atoms with van der Waals surface area (Å²) >= 11 is 0. The molecule has 0 fully saturated rings. The molecule has 4 heteroatoms. The Morgan fingerprint density at radius 2 is 2.31 bits per heavy atom. The van der Waals surface area contributed by atoms with E-state index in [9.17, 15) is 4.39 Å². The van der Waals surface area contributed by atoms with E-state index < -0.39 is 0 Å². The Morgan fingerprint density at radius 1 is 1.46 bits per heavy atom. The molecule has 2 rings (SSSR count). The van der Waals surface area contributed by atoms with Gasteiger partial charge in [0.1, 0.15) is 11.3 Å². The topological polar surface area (TPSA) is 30.7 Å². The first kappa shape index (κ1) is 8.16. The molecule has 0 saturated carbocycles. The summed E-state index contributed by atoms with van der Waals surface area (Å²) in [6.45, 7) is 2.83. The lowest BCUT2D eigenvalue weighted by Crippen LogP contribution is -1.98. The molecule has 0 saturated heterocycles. The van der Waals surface area contributed by atoms with Crippen molar-refractivity contribution in [2.24, 2.45) is 0 Å². The SMILES string of the molecule is CCCn1nnc2ccc(F)cc21. The molecule has 1 aromatic heterocycles. The molecule has 2 aromatic rings. The van der Waals surface area contributed by atoms with Gasteiger partial charge in [0.25, 0.3) is 0 Å². The summed E-state index contributed by atoms with van der Waals surface area (Å²) in [6.07, 6.45) is 0.967. The Bertz CT molecular complexity index is 422. The number of hydrogen-bond acceptors (Lipinski definition) is 2. The van der Waals surface area contributed by atoms with Crippen molar-refractivity contribution in [2.45, 2.75) is 19.9 Å². The number of rotatable bonds is 2. The van der Waals surface area contributed by atoms with Gasteiger partial charge in [0.05, 0.1) is 5.52 Å². The van der Waals surface area contributed by atoms with Crippen LogP contribution in [0, 0.1) is 5.82 Å². The molecule has 0 aliphatic rings. The normalized spacial score (nSPS) is 10.9. The highest BCUT2D eigenvalue weighted by atomic mass is 19.1. The first-order valence-corrected chi connectivity index (χ1v) is 4.30. The molecular weight excluding hydrogens is 169 g/mol. The van der Waals surface area contributed by atoms with Gasteiger partial charge in [-0.3, -0.25) is 0 Å². The summed E-state index contributed by atoms with van der Waals surface area (Å²) in [5.41, 5.74) is 1.51. The van der Waals surface area contributed by atoms with Crippen molar-refractivity contribution in [1.29, 1.82) is 0 Å². The van der Waals surface area contributed by atoms with Gasteiger partial charge < -0.3 is 0 Å². The van der Waals surface area contributed by atoms with Crippen LogP contribution in [-0.2, 0) is 6.54 Å². The third-order valence-electron chi connectivity index (χ3n) is 1.91. The van der Waals surface area contributed by atoms with Crippen molar-refractivity contribution in [2.75, 3.05) is 0 Å². The third kappa shape index (κ3) is 1.39. The molecule has 0 unspecified atom stereocenters. The number of benzene rings is 1. The highest BCUT2D eigenvalue weighted by Gasteiger charge is 2.03. The minimum Gasteiger partial charge on any atom is -0.245 e. The maximum absolute atomic E-state index is 12.9. The zero-order valence-electron chi connectivity index (χ0n) is 7.37. The Hall–Kier alpha value is -1.45. The molecule has 0 aliphatic heterocycles. The molecule has 1 heterocycles. The van der Waals surface area contributed by atoms with E-state index in [2.05, 4.69) is 10.3 Å². The van der Waals surface area contributed by atoms with E-state index in [1.807, 2.05) is 6.92 Å². The summed E-state index contributed by atoms with van der Waals surface area (Å²) in [5.74, 6) is -0.243. The van der Waals surface area contributed by atoms with Crippen LogP contribution in [0.2, 0.25) is 0 Å². The van der Waals surface area contributed by atoms with Gasteiger partial charge in [0, 0.05) is 12.6 Å². The fraction of sp³-hybridized carbons (Fsp3) is 0.333. The first-order chi connectivity index (χ1) is 6.31. The van der Waals surface area contributed by atoms with Gasteiger partial charge >= 0.3 is 0 Å². The van der Waals surface area contributed by atoms with Crippen molar-refractivity contribution in [3.63, 3.8) is 0 Å². The molecule has 13 heavy (non-hydrogen) atoms. The highest BCUT2D eigenvalue weighted by molar-refractivity contribution is 5.73. The summed E-state index contributed by atoms with van der Waals surface area (Å²) in [5, 5.41) is 7.85. The number of nitrogens with zero attached hydrogens (tertiary/aromatic N) is 3. The monoisotopic (exact) mass is 179 g/mol. The van der Waals surface area contributed by atoms with Gasteiger partial charge in [-0.05, 0) is 18.6 Å². The van der Waals surface area contributed by atoms with E-state index in [4.69, 9.17) is 0 Å². The lowest BCUT2D eigenvalue weighted by molar-refractivity contribution is 0.591. The summed E-state index contributed by atoms with van der Waals surface area (Å²) < 4.78 is 14.6. The molecule has 0 atom stereocenters. The van der Waals surface area contributed by atoms with Crippen LogP contribution in [0.4, 0.5) is 4.39 Å². The number of aryl methyl sites for hydroxylation is 1. The molecule has 68 valence electrons. The first-order valence-electron chi connectivity index (χ1n) is 4.30. The van der Waals surface area contributed by atoms with E-state index in [0.717, 1.165) is 24.0 Å². The molecular formula is C9H10FN3. The van der Waals surface area contributed by atoms with Gasteiger partial charge in [-0.2, -0.15) is 0 Å². The van der Waals surface area contributed by atoms with Gasteiger partial charge in [0.2, 0.25) is 0 Å². The number of aromatic nitrogens is 3. The van der Waals surface area contributed by atoms with Crippen LogP contribution in [0.1, 0.15) is 13.3 Å². The summed E-state index contributed by atoms with van der Waals surface area (Å²) in [7, 11) is 0. The average molecular weight is 179 g/mol. The zero-order chi connectivity index (χ0) is 9.26.